The number of rotatable bonds is 4. The second-order valence-corrected chi connectivity index (χ2v) is 5.54. The van der Waals surface area contributed by atoms with Gasteiger partial charge in [0, 0.05) is 31.2 Å². The van der Waals surface area contributed by atoms with E-state index < -0.39 is 0 Å². The number of anilines is 1. The molecule has 6 heteroatoms. The second kappa shape index (κ2) is 5.68. The first-order valence-corrected chi connectivity index (χ1v) is 7.34. The molecule has 5 nitrogen and oxygen atoms in total. The molecular formula is C14H15N3O2S. The third-order valence-electron chi connectivity index (χ3n) is 3.06. The van der Waals surface area contributed by atoms with E-state index in [9.17, 15) is 4.79 Å². The molecule has 1 amide bonds. The van der Waals surface area contributed by atoms with E-state index in [1.165, 1.54) is 7.11 Å². The Balaban J connectivity index is 1.90. The minimum absolute atomic E-state index is 0.0455. The number of nitrogens with zero attached hydrogens (tertiary/aromatic N) is 2. The molecule has 0 fully saturated rings. The van der Waals surface area contributed by atoms with E-state index in [0.29, 0.717) is 0 Å². The minimum Gasteiger partial charge on any atom is -0.375 e. The Morgan fingerprint density at radius 1 is 1.50 bits per heavy atom. The Labute approximate surface area is 121 Å². The van der Waals surface area contributed by atoms with E-state index in [1.807, 2.05) is 30.5 Å². The van der Waals surface area contributed by atoms with Crippen molar-refractivity contribution in [2.45, 2.75) is 11.7 Å². The molecule has 0 saturated carbocycles. The molecular weight excluding hydrogens is 274 g/mol. The molecule has 2 heterocycles. The largest absolute Gasteiger partial charge is 0.375 e. The second-order valence-electron chi connectivity index (χ2n) is 4.48. The minimum atomic E-state index is -0.166. The van der Waals surface area contributed by atoms with Crippen molar-refractivity contribution in [3.8, 4) is 11.3 Å². The molecule has 0 saturated heterocycles. The molecule has 1 N–H and O–H groups in total. The number of ether oxygens (including phenoxy) is 1. The molecule has 3 rings (SSSR count). The van der Waals surface area contributed by atoms with Crippen LogP contribution in [0.2, 0.25) is 0 Å². The normalized spacial score (nSPS) is 13.2. The lowest BCUT2D eigenvalue weighted by molar-refractivity contribution is -0.119. The predicted octanol–water partition coefficient (Wildman–Crippen LogP) is 2.24. The Hall–Kier alpha value is -1.79. The number of thioether (sulfide) groups is 1. The molecule has 0 spiro atoms. The smallest absolute Gasteiger partial charge is 0.250 e. The molecule has 104 valence electrons. The third-order valence-corrected chi connectivity index (χ3v) is 4.03. The molecule has 0 aliphatic carbocycles. The van der Waals surface area contributed by atoms with Gasteiger partial charge in [0.2, 0.25) is 5.91 Å². The molecule has 1 aromatic heterocycles. The zero-order valence-corrected chi connectivity index (χ0v) is 11.9. The number of aromatic nitrogens is 2. The monoisotopic (exact) mass is 289 g/mol. The van der Waals surface area contributed by atoms with Crippen LogP contribution in [0.3, 0.4) is 0 Å². The number of carbonyl (C=O) groups excluding carboxylic acids is 1. The van der Waals surface area contributed by atoms with Crippen LogP contribution in [-0.2, 0) is 16.1 Å². The Morgan fingerprint density at radius 3 is 3.15 bits per heavy atom. The average molecular weight is 289 g/mol. The van der Waals surface area contributed by atoms with Crippen LogP contribution in [-0.4, -0.2) is 34.9 Å². The van der Waals surface area contributed by atoms with Gasteiger partial charge in [-0.1, -0.05) is 30.0 Å². The van der Waals surface area contributed by atoms with Gasteiger partial charge in [-0.3, -0.25) is 4.79 Å². The quantitative estimate of drug-likeness (QED) is 0.938. The summed E-state index contributed by atoms with van der Waals surface area (Å²) >= 11 is 1.76. The van der Waals surface area contributed by atoms with Crippen LogP contribution in [0.5, 0.6) is 0 Å². The molecule has 0 unspecified atom stereocenters. The maximum atomic E-state index is 11.7. The lowest BCUT2D eigenvalue weighted by atomic mass is 10.1. The Morgan fingerprint density at radius 2 is 2.35 bits per heavy atom. The average Bonchev–Trinajstić information content (AvgIpc) is 3.00. The number of nitrogens with one attached hydrogen (secondary N) is 1. The number of methoxy groups -OCH3 is 1. The summed E-state index contributed by atoms with van der Waals surface area (Å²) in [4.78, 5) is 16.3. The number of imidazole rings is 1. The molecule has 1 aliphatic heterocycles. The number of hydrogen-bond acceptors (Lipinski definition) is 4. The Bertz CT molecular complexity index is 618. The SMILES string of the molecule is COCC(=O)Nc1ccccc1-c1cn2c(n1)SCC2. The van der Waals surface area contributed by atoms with E-state index >= 15 is 0 Å². The van der Waals surface area contributed by atoms with Gasteiger partial charge in [0.25, 0.3) is 0 Å². The summed E-state index contributed by atoms with van der Waals surface area (Å²) in [6.07, 6.45) is 2.04. The van der Waals surface area contributed by atoms with Gasteiger partial charge in [-0.15, -0.1) is 0 Å². The molecule has 1 aromatic carbocycles. The number of amides is 1. The molecule has 0 atom stereocenters. The summed E-state index contributed by atoms with van der Waals surface area (Å²) < 4.78 is 6.98. The lowest BCUT2D eigenvalue weighted by Crippen LogP contribution is -2.17. The molecule has 0 radical (unpaired) electrons. The first-order chi connectivity index (χ1) is 9.78. The number of para-hydroxylation sites is 1. The van der Waals surface area contributed by atoms with Crippen LogP contribution in [0.15, 0.2) is 35.6 Å². The van der Waals surface area contributed by atoms with E-state index in [-0.39, 0.29) is 12.5 Å². The van der Waals surface area contributed by atoms with Crippen molar-refractivity contribution in [1.82, 2.24) is 9.55 Å². The number of benzene rings is 1. The zero-order chi connectivity index (χ0) is 13.9. The topological polar surface area (TPSA) is 56.1 Å². The number of fused-ring (bicyclic) bond motifs is 1. The van der Waals surface area contributed by atoms with Crippen molar-refractivity contribution >= 4 is 23.4 Å². The third kappa shape index (κ3) is 2.57. The van der Waals surface area contributed by atoms with Gasteiger partial charge in [0.05, 0.1) is 11.4 Å². The number of hydrogen-bond donors (Lipinski definition) is 1. The van der Waals surface area contributed by atoms with Crippen molar-refractivity contribution < 1.29 is 9.53 Å². The van der Waals surface area contributed by atoms with Crippen molar-refractivity contribution in [3.05, 3.63) is 30.5 Å². The van der Waals surface area contributed by atoms with Gasteiger partial charge in [-0.2, -0.15) is 0 Å². The highest BCUT2D eigenvalue weighted by Crippen LogP contribution is 2.32. The maximum absolute atomic E-state index is 11.7. The van der Waals surface area contributed by atoms with E-state index in [1.54, 1.807) is 11.8 Å². The summed E-state index contributed by atoms with van der Waals surface area (Å²) in [6, 6.07) is 7.68. The van der Waals surface area contributed by atoms with Gasteiger partial charge in [0.15, 0.2) is 5.16 Å². The summed E-state index contributed by atoms with van der Waals surface area (Å²) in [7, 11) is 1.50. The first kappa shape index (κ1) is 13.2. The van der Waals surface area contributed by atoms with Gasteiger partial charge in [-0.25, -0.2) is 4.98 Å². The van der Waals surface area contributed by atoms with Gasteiger partial charge in [0.1, 0.15) is 6.61 Å². The predicted molar refractivity (Wildman–Crippen MR) is 78.9 cm³/mol. The standard InChI is InChI=1S/C14H15N3O2S/c1-19-9-13(18)15-11-5-3-2-4-10(11)12-8-17-6-7-20-14(17)16-12/h2-5,8H,6-7,9H2,1H3,(H,15,18). The Kier molecular flexibility index (Phi) is 3.75. The number of aryl methyl sites for hydroxylation is 1. The summed E-state index contributed by atoms with van der Waals surface area (Å²) in [5.74, 6) is 0.913. The lowest BCUT2D eigenvalue weighted by Gasteiger charge is -2.09. The number of carbonyl (C=O) groups is 1. The molecule has 20 heavy (non-hydrogen) atoms. The van der Waals surface area contributed by atoms with Crippen LogP contribution >= 0.6 is 11.8 Å². The van der Waals surface area contributed by atoms with Crippen LogP contribution in [0, 0.1) is 0 Å². The van der Waals surface area contributed by atoms with Crippen LogP contribution in [0.25, 0.3) is 11.3 Å². The van der Waals surface area contributed by atoms with Crippen molar-refractivity contribution in [2.75, 3.05) is 24.8 Å². The summed E-state index contributed by atoms with van der Waals surface area (Å²) in [6.45, 7) is 1.04. The maximum Gasteiger partial charge on any atom is 0.250 e. The fraction of sp³-hybridized carbons (Fsp3) is 0.286. The fourth-order valence-corrected chi connectivity index (χ4v) is 3.12. The fourth-order valence-electron chi connectivity index (χ4n) is 2.17. The summed E-state index contributed by atoms with van der Waals surface area (Å²) in [5.41, 5.74) is 2.58. The highest BCUT2D eigenvalue weighted by atomic mass is 32.2. The van der Waals surface area contributed by atoms with Crippen LogP contribution in [0.1, 0.15) is 0 Å². The van der Waals surface area contributed by atoms with Gasteiger partial charge >= 0.3 is 0 Å². The summed E-state index contributed by atoms with van der Waals surface area (Å²) in [5, 5.41) is 3.89. The first-order valence-electron chi connectivity index (χ1n) is 6.36. The van der Waals surface area contributed by atoms with Crippen molar-refractivity contribution in [1.29, 1.82) is 0 Å². The van der Waals surface area contributed by atoms with Crippen molar-refractivity contribution in [2.24, 2.45) is 0 Å². The highest BCUT2D eigenvalue weighted by molar-refractivity contribution is 7.99. The molecule has 0 bridgehead atoms. The molecule has 1 aliphatic rings. The van der Waals surface area contributed by atoms with Gasteiger partial charge < -0.3 is 14.6 Å². The zero-order valence-electron chi connectivity index (χ0n) is 11.1. The van der Waals surface area contributed by atoms with Gasteiger partial charge in [-0.05, 0) is 6.07 Å². The van der Waals surface area contributed by atoms with E-state index in [0.717, 1.165) is 34.4 Å². The van der Waals surface area contributed by atoms with Crippen molar-refractivity contribution in [3.63, 3.8) is 0 Å². The van der Waals surface area contributed by atoms with E-state index in [4.69, 9.17) is 4.74 Å². The highest BCUT2D eigenvalue weighted by Gasteiger charge is 2.17. The van der Waals surface area contributed by atoms with Crippen LogP contribution in [0.4, 0.5) is 5.69 Å². The van der Waals surface area contributed by atoms with E-state index in [2.05, 4.69) is 14.9 Å². The molecule has 2 aromatic rings. The van der Waals surface area contributed by atoms with Crippen LogP contribution < -0.4 is 5.32 Å².